The number of amides is 2. The molecule has 0 bridgehead atoms. The molecule has 2 aromatic rings. The fourth-order valence-electron chi connectivity index (χ4n) is 2.40. The molecule has 2 rings (SSSR count). The van der Waals surface area contributed by atoms with Crippen molar-refractivity contribution < 1.29 is 23.5 Å². The summed E-state index contributed by atoms with van der Waals surface area (Å²) in [4.78, 5) is 36.5. The Hall–Kier alpha value is -2.93. The zero-order chi connectivity index (χ0) is 21.4. The molecule has 0 aliphatic rings. The van der Waals surface area contributed by atoms with Gasteiger partial charge in [0.15, 0.2) is 6.61 Å². The molecule has 0 aliphatic carbocycles. The van der Waals surface area contributed by atoms with Crippen molar-refractivity contribution in [2.24, 2.45) is 5.92 Å². The average molecular weight is 421 g/mol. The summed E-state index contributed by atoms with van der Waals surface area (Å²) in [6.45, 7) is 3.26. The second-order valence-corrected chi connectivity index (χ2v) is 7.15. The highest BCUT2D eigenvalue weighted by Gasteiger charge is 2.26. The van der Waals surface area contributed by atoms with E-state index in [0.717, 1.165) is 17.7 Å². The third kappa shape index (κ3) is 7.19. The van der Waals surface area contributed by atoms with Crippen molar-refractivity contribution >= 4 is 29.4 Å². The first kappa shape index (κ1) is 22.4. The van der Waals surface area contributed by atoms with Crippen LogP contribution < -0.4 is 10.6 Å². The Bertz CT molecular complexity index is 854. The Labute approximate surface area is 173 Å². The zero-order valence-corrected chi connectivity index (χ0v) is 16.8. The lowest BCUT2D eigenvalue weighted by atomic mass is 10.0. The molecule has 0 aromatic heterocycles. The van der Waals surface area contributed by atoms with Crippen LogP contribution in [0, 0.1) is 11.7 Å². The first-order valence-corrected chi connectivity index (χ1v) is 9.38. The SMILES string of the molecule is CC(C)[C@H](NC(=O)c1ccc(F)cc1)C(=O)OCC(=O)NCc1ccc(Cl)cc1. The summed E-state index contributed by atoms with van der Waals surface area (Å²) < 4.78 is 18.0. The molecule has 0 fully saturated rings. The summed E-state index contributed by atoms with van der Waals surface area (Å²) in [5, 5.41) is 5.78. The van der Waals surface area contributed by atoms with Crippen LogP contribution in [-0.2, 0) is 20.9 Å². The van der Waals surface area contributed by atoms with E-state index in [1.807, 2.05) is 0 Å². The van der Waals surface area contributed by atoms with Gasteiger partial charge in [0.05, 0.1) is 0 Å². The average Bonchev–Trinajstić information content (AvgIpc) is 2.69. The lowest BCUT2D eigenvalue weighted by Crippen LogP contribution is -2.46. The minimum Gasteiger partial charge on any atom is -0.454 e. The summed E-state index contributed by atoms with van der Waals surface area (Å²) in [6, 6.07) is 11.0. The van der Waals surface area contributed by atoms with Gasteiger partial charge in [0, 0.05) is 17.1 Å². The molecule has 2 N–H and O–H groups in total. The van der Waals surface area contributed by atoms with Crippen molar-refractivity contribution in [1.82, 2.24) is 10.6 Å². The Morgan fingerprint density at radius 1 is 1.03 bits per heavy atom. The predicted octanol–water partition coefficient (Wildman–Crippen LogP) is 3.09. The van der Waals surface area contributed by atoms with E-state index in [9.17, 15) is 18.8 Å². The zero-order valence-electron chi connectivity index (χ0n) is 16.1. The van der Waals surface area contributed by atoms with Gasteiger partial charge in [-0.15, -0.1) is 0 Å². The van der Waals surface area contributed by atoms with Crippen molar-refractivity contribution in [1.29, 1.82) is 0 Å². The van der Waals surface area contributed by atoms with Gasteiger partial charge in [-0.25, -0.2) is 9.18 Å². The lowest BCUT2D eigenvalue weighted by Gasteiger charge is -2.20. The fourth-order valence-corrected chi connectivity index (χ4v) is 2.53. The number of ether oxygens (including phenoxy) is 1. The summed E-state index contributed by atoms with van der Waals surface area (Å²) in [5.74, 6) is -2.47. The van der Waals surface area contributed by atoms with Gasteiger partial charge in [0.25, 0.3) is 11.8 Å². The standard InChI is InChI=1S/C21H22ClFN2O4/c1-13(2)19(25-20(27)15-5-9-17(23)10-6-15)21(28)29-12-18(26)24-11-14-3-7-16(22)8-4-14/h3-10,13,19H,11-12H2,1-2H3,(H,24,26)(H,25,27)/t19-/m0/s1. The van der Waals surface area contributed by atoms with Gasteiger partial charge in [-0.1, -0.05) is 37.6 Å². The largest absolute Gasteiger partial charge is 0.454 e. The molecule has 0 saturated heterocycles. The van der Waals surface area contributed by atoms with Crippen LogP contribution in [0.1, 0.15) is 29.8 Å². The molecule has 2 aromatic carbocycles. The molecule has 0 radical (unpaired) electrons. The smallest absolute Gasteiger partial charge is 0.329 e. The van der Waals surface area contributed by atoms with E-state index in [2.05, 4.69) is 10.6 Å². The Kier molecular flexibility index (Phi) is 8.15. The van der Waals surface area contributed by atoms with Crippen molar-refractivity contribution in [3.8, 4) is 0 Å². The van der Waals surface area contributed by atoms with Gasteiger partial charge in [-0.05, 0) is 47.9 Å². The summed E-state index contributed by atoms with van der Waals surface area (Å²) in [6.07, 6.45) is 0. The highest BCUT2D eigenvalue weighted by atomic mass is 35.5. The van der Waals surface area contributed by atoms with Gasteiger partial charge in [0.1, 0.15) is 11.9 Å². The minimum atomic E-state index is -0.948. The molecule has 0 heterocycles. The number of benzene rings is 2. The normalized spacial score (nSPS) is 11.6. The molecule has 1 atom stereocenters. The van der Waals surface area contributed by atoms with Crippen LogP contribution in [0.2, 0.25) is 5.02 Å². The summed E-state index contributed by atoms with van der Waals surface area (Å²) in [7, 11) is 0. The first-order valence-electron chi connectivity index (χ1n) is 9.00. The number of nitrogens with one attached hydrogen (secondary N) is 2. The summed E-state index contributed by atoms with van der Waals surface area (Å²) in [5.41, 5.74) is 1.06. The fraction of sp³-hybridized carbons (Fsp3) is 0.286. The monoisotopic (exact) mass is 420 g/mol. The van der Waals surface area contributed by atoms with Crippen LogP contribution in [0.5, 0.6) is 0 Å². The molecule has 8 heteroatoms. The van der Waals surface area contributed by atoms with E-state index in [-0.39, 0.29) is 18.0 Å². The van der Waals surface area contributed by atoms with Crippen LogP contribution in [0.15, 0.2) is 48.5 Å². The molecule has 0 spiro atoms. The Morgan fingerprint density at radius 3 is 2.24 bits per heavy atom. The van der Waals surface area contributed by atoms with E-state index in [1.165, 1.54) is 12.1 Å². The number of hydrogen-bond donors (Lipinski definition) is 2. The van der Waals surface area contributed by atoms with E-state index in [4.69, 9.17) is 16.3 Å². The topological polar surface area (TPSA) is 84.5 Å². The molecule has 29 heavy (non-hydrogen) atoms. The van der Waals surface area contributed by atoms with Crippen molar-refractivity contribution in [3.63, 3.8) is 0 Å². The predicted molar refractivity (Wildman–Crippen MR) is 107 cm³/mol. The van der Waals surface area contributed by atoms with Gasteiger partial charge < -0.3 is 15.4 Å². The second-order valence-electron chi connectivity index (χ2n) is 6.71. The van der Waals surface area contributed by atoms with E-state index in [1.54, 1.807) is 38.1 Å². The van der Waals surface area contributed by atoms with Gasteiger partial charge >= 0.3 is 5.97 Å². The van der Waals surface area contributed by atoms with Crippen LogP contribution in [0.3, 0.4) is 0 Å². The van der Waals surface area contributed by atoms with Crippen LogP contribution in [0.4, 0.5) is 4.39 Å². The molecular formula is C21H22ClFN2O4. The highest BCUT2D eigenvalue weighted by Crippen LogP contribution is 2.10. The van der Waals surface area contributed by atoms with Crippen LogP contribution >= 0.6 is 11.6 Å². The number of carbonyl (C=O) groups is 3. The summed E-state index contributed by atoms with van der Waals surface area (Å²) >= 11 is 5.80. The minimum absolute atomic E-state index is 0.213. The van der Waals surface area contributed by atoms with Gasteiger partial charge in [0.2, 0.25) is 0 Å². The number of halogens is 2. The third-order valence-electron chi connectivity index (χ3n) is 4.06. The molecular weight excluding hydrogens is 399 g/mol. The Balaban J connectivity index is 1.85. The van der Waals surface area contributed by atoms with Gasteiger partial charge in [-0.2, -0.15) is 0 Å². The number of carbonyl (C=O) groups excluding carboxylic acids is 3. The van der Waals surface area contributed by atoms with E-state index >= 15 is 0 Å². The van der Waals surface area contributed by atoms with Crippen molar-refractivity contribution in [2.45, 2.75) is 26.4 Å². The third-order valence-corrected chi connectivity index (χ3v) is 4.31. The van der Waals surface area contributed by atoms with E-state index in [0.29, 0.717) is 5.02 Å². The number of hydrogen-bond acceptors (Lipinski definition) is 4. The van der Waals surface area contributed by atoms with Gasteiger partial charge in [-0.3, -0.25) is 9.59 Å². The second kappa shape index (κ2) is 10.6. The Morgan fingerprint density at radius 2 is 1.66 bits per heavy atom. The lowest BCUT2D eigenvalue weighted by molar-refractivity contribution is -0.151. The highest BCUT2D eigenvalue weighted by molar-refractivity contribution is 6.30. The molecule has 2 amide bonds. The first-order chi connectivity index (χ1) is 13.8. The maximum absolute atomic E-state index is 13.0. The molecule has 0 unspecified atom stereocenters. The molecule has 6 nitrogen and oxygen atoms in total. The molecule has 0 saturated carbocycles. The molecule has 0 aliphatic heterocycles. The number of esters is 1. The maximum Gasteiger partial charge on any atom is 0.329 e. The van der Waals surface area contributed by atoms with Crippen molar-refractivity contribution in [2.75, 3.05) is 6.61 Å². The number of rotatable bonds is 8. The van der Waals surface area contributed by atoms with Crippen LogP contribution in [-0.4, -0.2) is 30.4 Å². The van der Waals surface area contributed by atoms with Crippen LogP contribution in [0.25, 0.3) is 0 Å². The van der Waals surface area contributed by atoms with Crippen molar-refractivity contribution in [3.05, 3.63) is 70.5 Å². The van der Waals surface area contributed by atoms with E-state index < -0.39 is 36.2 Å². The molecule has 154 valence electrons. The maximum atomic E-state index is 13.0. The quantitative estimate of drug-likeness (QED) is 0.643.